The molecule has 10 heteroatoms. The molecule has 4 aromatic carbocycles. The summed E-state index contributed by atoms with van der Waals surface area (Å²) in [6, 6.07) is 31.1. The third-order valence-electron chi connectivity index (χ3n) is 14.3. The number of methoxy groups -OCH3 is 1. The number of fused-ring (bicyclic) bond motifs is 13. The van der Waals surface area contributed by atoms with E-state index >= 15 is 0 Å². The highest BCUT2D eigenvalue weighted by Gasteiger charge is 2.57. The first-order valence-corrected chi connectivity index (χ1v) is 23.8. The predicted octanol–water partition coefficient (Wildman–Crippen LogP) is 9.99. The van der Waals surface area contributed by atoms with E-state index in [0.717, 1.165) is 61.6 Å². The molecule has 1 fully saturated rings. The second kappa shape index (κ2) is 21.0. The summed E-state index contributed by atoms with van der Waals surface area (Å²) in [6.07, 6.45) is 5.56. The molecule has 2 N–H and O–H groups in total. The van der Waals surface area contributed by atoms with Crippen molar-refractivity contribution in [2.75, 3.05) is 20.3 Å². The fraction of sp³-hybridized carbons (Fsp3) is 0.446. The van der Waals surface area contributed by atoms with E-state index in [0.29, 0.717) is 41.5 Å². The number of rotatable bonds is 12. The number of allylic oxidation sites excluding steroid dienone is 1. The van der Waals surface area contributed by atoms with Gasteiger partial charge in [-0.1, -0.05) is 97.3 Å². The van der Waals surface area contributed by atoms with E-state index in [-0.39, 0.29) is 54.6 Å². The maximum absolute atomic E-state index is 14.9. The summed E-state index contributed by atoms with van der Waals surface area (Å²) in [4.78, 5) is 43.8. The Morgan fingerprint density at radius 1 is 0.833 bits per heavy atom. The van der Waals surface area contributed by atoms with Gasteiger partial charge in [-0.25, -0.2) is 9.59 Å². The van der Waals surface area contributed by atoms with Crippen LogP contribution in [0.25, 0.3) is 11.0 Å². The lowest BCUT2D eigenvalue weighted by Gasteiger charge is -2.48. The molecule has 9 rings (SSSR count). The number of benzene rings is 4. The Morgan fingerprint density at radius 2 is 1.56 bits per heavy atom. The molecule has 0 radical (unpaired) electrons. The monoisotopic (exact) mass is 896 g/mol. The van der Waals surface area contributed by atoms with Gasteiger partial charge in [0, 0.05) is 48.5 Å². The zero-order valence-electron chi connectivity index (χ0n) is 38.8. The van der Waals surface area contributed by atoms with Gasteiger partial charge in [-0.3, -0.25) is 4.79 Å². The fourth-order valence-corrected chi connectivity index (χ4v) is 10.8. The summed E-state index contributed by atoms with van der Waals surface area (Å²) >= 11 is 0. The van der Waals surface area contributed by atoms with Crippen molar-refractivity contribution in [3.05, 3.63) is 157 Å². The maximum atomic E-state index is 14.9. The van der Waals surface area contributed by atoms with Gasteiger partial charge in [-0.2, -0.15) is 0 Å². The number of aliphatic hydroxyl groups is 2. The molecule has 66 heavy (non-hydrogen) atoms. The highest BCUT2D eigenvalue weighted by molar-refractivity contribution is 5.90. The molecular formula is C56H64O10. The van der Waals surface area contributed by atoms with Gasteiger partial charge in [0.1, 0.15) is 16.9 Å². The standard InChI is InChI=1S/C56H64O10/c1-35(2)44-24-23-36-17-19-39(20-18-36)31-41(22-21-38-13-10-14-40(30-38)29-37-11-6-5-7-12-37)32-48(59)63-52-50-47(66-56(3,43-15-8-9-16-43)53(52)65-54(44)60)26-25-45-46(33-58)49(55(61)64-51(45)50)42(27-28-57)34-62-4/h5-7,10-14,17-20,25-26,30,41-43,52-53,57-58H,8-9,15-16,21-24,27-29,31-34H2,1-4H3. The van der Waals surface area contributed by atoms with Crippen molar-refractivity contribution < 1.29 is 43.2 Å². The van der Waals surface area contributed by atoms with Gasteiger partial charge in [0.25, 0.3) is 0 Å². The van der Waals surface area contributed by atoms with Crippen molar-refractivity contribution >= 4 is 22.9 Å². The largest absolute Gasteiger partial charge is 0.483 e. The van der Waals surface area contributed by atoms with Crippen molar-refractivity contribution in [3.8, 4) is 5.75 Å². The molecule has 1 aliphatic carbocycles. The fourth-order valence-electron chi connectivity index (χ4n) is 10.8. The van der Waals surface area contributed by atoms with Crippen molar-refractivity contribution in [3.63, 3.8) is 0 Å². The summed E-state index contributed by atoms with van der Waals surface area (Å²) in [6.45, 7) is 5.16. The Labute approximate surface area is 387 Å². The lowest BCUT2D eigenvalue weighted by molar-refractivity contribution is -0.199. The average molecular weight is 897 g/mol. The summed E-state index contributed by atoms with van der Waals surface area (Å²) in [5.41, 5.74) is 6.29. The van der Waals surface area contributed by atoms with Crippen LogP contribution in [-0.2, 0) is 56.1 Å². The number of esters is 2. The van der Waals surface area contributed by atoms with Gasteiger partial charge in [0.2, 0.25) is 0 Å². The minimum Gasteiger partial charge on any atom is -0.483 e. The Kier molecular flexibility index (Phi) is 14.9. The third-order valence-corrected chi connectivity index (χ3v) is 14.3. The molecule has 2 bridgehead atoms. The molecule has 0 amide bonds. The van der Waals surface area contributed by atoms with Crippen LogP contribution in [0, 0.1) is 11.8 Å². The topological polar surface area (TPSA) is 142 Å². The Balaban J connectivity index is 1.23. The quantitative estimate of drug-likeness (QED) is 0.0706. The number of carbonyl (C=O) groups excluding carboxylic acids is 2. The molecule has 1 aromatic heterocycles. The number of carbonyl (C=O) groups is 2. The summed E-state index contributed by atoms with van der Waals surface area (Å²) in [7, 11) is 1.51. The van der Waals surface area contributed by atoms with Crippen molar-refractivity contribution in [2.45, 2.75) is 128 Å². The number of aliphatic hydroxyl groups excluding tert-OH is 2. The number of hydrogen-bond donors (Lipinski definition) is 2. The van der Waals surface area contributed by atoms with Gasteiger partial charge in [-0.15, -0.1) is 0 Å². The number of aryl methyl sites for hydroxylation is 2. The summed E-state index contributed by atoms with van der Waals surface area (Å²) < 4.78 is 32.2. The summed E-state index contributed by atoms with van der Waals surface area (Å²) in [5.74, 6) is -1.34. The molecule has 3 aliphatic heterocycles. The van der Waals surface area contributed by atoms with Crippen LogP contribution in [0.15, 0.2) is 111 Å². The lowest BCUT2D eigenvalue weighted by atomic mass is 9.76. The minimum atomic E-state index is -1.23. The van der Waals surface area contributed by atoms with E-state index in [2.05, 4.69) is 72.8 Å². The van der Waals surface area contributed by atoms with E-state index in [1.807, 2.05) is 26.8 Å². The highest BCUT2D eigenvalue weighted by atomic mass is 16.6. The SMILES string of the molecule is COCC(CCO)c1c(CO)c2ccc3c(c2oc1=O)C1OC(=O)CC(CCc2cccc(Cc4ccccc4)c2)Cc2ccc(cc2)CCC(=C(C)C)C(=O)OC1C(C)(C1CCCC1)O3. The normalized spacial score (nSPS) is 22.0. The van der Waals surface area contributed by atoms with Gasteiger partial charge in [0.15, 0.2) is 12.2 Å². The van der Waals surface area contributed by atoms with Gasteiger partial charge >= 0.3 is 17.6 Å². The zero-order chi connectivity index (χ0) is 46.4. The van der Waals surface area contributed by atoms with Gasteiger partial charge in [0.05, 0.1) is 18.8 Å². The lowest BCUT2D eigenvalue weighted by Crippen LogP contribution is -2.58. The molecule has 1 saturated carbocycles. The molecule has 4 aliphatic rings. The van der Waals surface area contributed by atoms with Crippen LogP contribution in [0.1, 0.15) is 129 Å². The molecule has 5 unspecified atom stereocenters. The molecule has 5 atom stereocenters. The van der Waals surface area contributed by atoms with Crippen LogP contribution in [0.2, 0.25) is 0 Å². The molecule has 5 aromatic rings. The number of ether oxygens (including phenoxy) is 4. The summed E-state index contributed by atoms with van der Waals surface area (Å²) in [5, 5.41) is 21.3. The zero-order valence-corrected chi connectivity index (χ0v) is 38.8. The third kappa shape index (κ3) is 10.2. The molecule has 0 spiro atoms. The van der Waals surface area contributed by atoms with Crippen LogP contribution in [0.3, 0.4) is 0 Å². The minimum absolute atomic E-state index is 0.0415. The van der Waals surface area contributed by atoms with Gasteiger partial charge in [-0.05, 0) is 130 Å². The Morgan fingerprint density at radius 3 is 2.27 bits per heavy atom. The van der Waals surface area contributed by atoms with Crippen LogP contribution >= 0.6 is 0 Å². The first-order valence-electron chi connectivity index (χ1n) is 23.8. The first kappa shape index (κ1) is 47.0. The molecule has 4 heterocycles. The second-order valence-electron chi connectivity index (χ2n) is 19.1. The van der Waals surface area contributed by atoms with Gasteiger partial charge < -0.3 is 33.6 Å². The Hall–Kier alpha value is -5.55. The Bertz CT molecular complexity index is 2580. The van der Waals surface area contributed by atoms with E-state index in [1.165, 1.54) is 23.8 Å². The number of hydrogen-bond acceptors (Lipinski definition) is 10. The molecule has 10 nitrogen and oxygen atoms in total. The van der Waals surface area contributed by atoms with E-state index in [9.17, 15) is 24.6 Å². The highest BCUT2D eigenvalue weighted by Crippen LogP contribution is 2.52. The van der Waals surface area contributed by atoms with Crippen LogP contribution < -0.4 is 10.4 Å². The van der Waals surface area contributed by atoms with Crippen LogP contribution in [-0.4, -0.2) is 54.2 Å². The van der Waals surface area contributed by atoms with E-state index in [1.54, 1.807) is 12.1 Å². The van der Waals surface area contributed by atoms with Crippen LogP contribution in [0.5, 0.6) is 5.75 Å². The molecule has 348 valence electrons. The smallest absolute Gasteiger partial charge is 0.340 e. The van der Waals surface area contributed by atoms with Crippen molar-refractivity contribution in [1.29, 1.82) is 0 Å². The second-order valence-corrected chi connectivity index (χ2v) is 19.1. The maximum Gasteiger partial charge on any atom is 0.340 e. The van der Waals surface area contributed by atoms with E-state index in [4.69, 9.17) is 23.4 Å². The van der Waals surface area contributed by atoms with Crippen LogP contribution in [0.4, 0.5) is 0 Å². The van der Waals surface area contributed by atoms with E-state index < -0.39 is 47.9 Å². The van der Waals surface area contributed by atoms with Crippen molar-refractivity contribution in [2.24, 2.45) is 11.8 Å². The average Bonchev–Trinajstić information content (AvgIpc) is 3.86. The molecule has 0 saturated heterocycles. The predicted molar refractivity (Wildman–Crippen MR) is 253 cm³/mol. The first-order chi connectivity index (χ1) is 32.0. The molecular weight excluding hydrogens is 833 g/mol. The van der Waals surface area contributed by atoms with Crippen molar-refractivity contribution in [1.82, 2.24) is 0 Å².